The number of benzene rings is 2. The second-order valence-electron chi connectivity index (χ2n) is 6.00. The Morgan fingerprint density at radius 3 is 2.45 bits per heavy atom. The van der Waals surface area contributed by atoms with E-state index in [4.69, 9.17) is 16.6 Å². The van der Waals surface area contributed by atoms with Gasteiger partial charge >= 0.3 is 0 Å². The molecule has 0 radical (unpaired) electrons. The molecular formula is C20H18ClN. The maximum Gasteiger partial charge on any atom is 0.0711 e. The fourth-order valence-electron chi connectivity index (χ4n) is 3.50. The third-order valence-electron chi connectivity index (χ3n) is 4.55. The molecule has 0 atom stereocenters. The summed E-state index contributed by atoms with van der Waals surface area (Å²) in [7, 11) is 0. The second kappa shape index (κ2) is 5.73. The van der Waals surface area contributed by atoms with Crippen molar-refractivity contribution in [2.75, 3.05) is 0 Å². The highest BCUT2D eigenvalue weighted by Gasteiger charge is 2.18. The molecule has 0 unspecified atom stereocenters. The minimum absolute atomic E-state index is 0.785. The highest BCUT2D eigenvalue weighted by atomic mass is 35.5. The van der Waals surface area contributed by atoms with Crippen molar-refractivity contribution < 1.29 is 0 Å². The molecule has 22 heavy (non-hydrogen) atoms. The van der Waals surface area contributed by atoms with Crippen LogP contribution >= 0.6 is 11.6 Å². The van der Waals surface area contributed by atoms with E-state index in [1.165, 1.54) is 47.0 Å². The zero-order chi connectivity index (χ0) is 14.9. The van der Waals surface area contributed by atoms with Crippen LogP contribution in [0.2, 0.25) is 5.02 Å². The van der Waals surface area contributed by atoms with Crippen LogP contribution < -0.4 is 0 Å². The highest BCUT2D eigenvalue weighted by molar-refractivity contribution is 6.30. The predicted molar refractivity (Wildman–Crippen MR) is 93.4 cm³/mol. The number of hydrogen-bond acceptors (Lipinski definition) is 1. The standard InChI is InChI=1S/C20H18ClN/c21-15-12-10-14(11-13-15)20-16-6-2-1-3-8-18(16)22-19-9-5-4-7-17(19)20/h4-5,7,9-13H,1-3,6,8H2. The topological polar surface area (TPSA) is 12.9 Å². The molecule has 1 heterocycles. The van der Waals surface area contributed by atoms with Crippen LogP contribution in [0.3, 0.4) is 0 Å². The SMILES string of the molecule is Clc1ccc(-c2c3c(nc4ccccc24)CCCCC3)cc1. The van der Waals surface area contributed by atoms with E-state index in [9.17, 15) is 0 Å². The van der Waals surface area contributed by atoms with E-state index >= 15 is 0 Å². The first kappa shape index (κ1) is 13.8. The summed E-state index contributed by atoms with van der Waals surface area (Å²) in [5, 5.41) is 2.04. The Bertz CT molecular complexity index is 821. The molecule has 110 valence electrons. The van der Waals surface area contributed by atoms with Crippen molar-refractivity contribution in [2.24, 2.45) is 0 Å². The molecule has 1 aliphatic rings. The van der Waals surface area contributed by atoms with Gasteiger partial charge in [-0.25, -0.2) is 0 Å². The quantitative estimate of drug-likeness (QED) is 0.516. The molecule has 2 heteroatoms. The van der Waals surface area contributed by atoms with Crippen LogP contribution in [0.5, 0.6) is 0 Å². The molecule has 0 amide bonds. The molecule has 0 spiro atoms. The highest BCUT2D eigenvalue weighted by Crippen LogP contribution is 2.36. The van der Waals surface area contributed by atoms with Crippen molar-refractivity contribution in [2.45, 2.75) is 32.1 Å². The number of aryl methyl sites for hydroxylation is 1. The number of halogens is 1. The monoisotopic (exact) mass is 307 g/mol. The van der Waals surface area contributed by atoms with E-state index in [1.54, 1.807) is 0 Å². The van der Waals surface area contributed by atoms with Gasteiger partial charge in [-0.05, 0) is 60.6 Å². The molecule has 0 saturated heterocycles. The van der Waals surface area contributed by atoms with Crippen LogP contribution in [0.15, 0.2) is 48.5 Å². The Kier molecular flexibility index (Phi) is 3.59. The molecule has 1 aromatic heterocycles. The van der Waals surface area contributed by atoms with Gasteiger partial charge in [0.1, 0.15) is 0 Å². The Balaban J connectivity index is 2.05. The van der Waals surface area contributed by atoms with Crippen molar-refractivity contribution >= 4 is 22.5 Å². The van der Waals surface area contributed by atoms with Crippen LogP contribution in [0, 0.1) is 0 Å². The number of pyridine rings is 1. The van der Waals surface area contributed by atoms with Crippen LogP contribution in [0.1, 0.15) is 30.5 Å². The molecule has 1 aliphatic carbocycles. The lowest BCUT2D eigenvalue weighted by Crippen LogP contribution is -2.00. The van der Waals surface area contributed by atoms with Crippen molar-refractivity contribution in [1.29, 1.82) is 0 Å². The van der Waals surface area contributed by atoms with Crippen molar-refractivity contribution in [3.8, 4) is 11.1 Å². The van der Waals surface area contributed by atoms with Crippen LogP contribution in [-0.4, -0.2) is 4.98 Å². The van der Waals surface area contributed by atoms with E-state index < -0.39 is 0 Å². The second-order valence-corrected chi connectivity index (χ2v) is 6.43. The lowest BCUT2D eigenvalue weighted by Gasteiger charge is -2.16. The maximum absolute atomic E-state index is 6.07. The van der Waals surface area contributed by atoms with Gasteiger partial charge in [-0.15, -0.1) is 0 Å². The van der Waals surface area contributed by atoms with E-state index in [-0.39, 0.29) is 0 Å². The molecule has 0 aliphatic heterocycles. The molecule has 0 fully saturated rings. The molecule has 0 bridgehead atoms. The summed E-state index contributed by atoms with van der Waals surface area (Å²) in [4.78, 5) is 4.95. The number of para-hydroxylation sites is 1. The predicted octanol–water partition coefficient (Wildman–Crippen LogP) is 5.82. The van der Waals surface area contributed by atoms with Crippen molar-refractivity contribution in [3.05, 3.63) is 64.8 Å². The minimum Gasteiger partial charge on any atom is -0.253 e. The van der Waals surface area contributed by atoms with Crippen LogP contribution in [0.25, 0.3) is 22.0 Å². The lowest BCUT2D eigenvalue weighted by molar-refractivity contribution is 0.709. The summed E-state index contributed by atoms with van der Waals surface area (Å²) in [5.41, 5.74) is 6.45. The first-order valence-electron chi connectivity index (χ1n) is 7.99. The van der Waals surface area contributed by atoms with Gasteiger partial charge in [0.05, 0.1) is 5.52 Å². The van der Waals surface area contributed by atoms with Gasteiger partial charge in [-0.2, -0.15) is 0 Å². The van der Waals surface area contributed by atoms with Gasteiger partial charge in [0.2, 0.25) is 0 Å². The Morgan fingerprint density at radius 2 is 1.59 bits per heavy atom. The first-order valence-corrected chi connectivity index (χ1v) is 8.37. The molecule has 1 nitrogen and oxygen atoms in total. The van der Waals surface area contributed by atoms with E-state index in [0.29, 0.717) is 0 Å². The fourth-order valence-corrected chi connectivity index (χ4v) is 3.62. The number of hydrogen-bond donors (Lipinski definition) is 0. The van der Waals surface area contributed by atoms with Crippen molar-refractivity contribution in [1.82, 2.24) is 4.98 Å². The first-order chi connectivity index (χ1) is 10.8. The number of nitrogens with zero attached hydrogens (tertiary/aromatic N) is 1. The summed E-state index contributed by atoms with van der Waals surface area (Å²) in [6, 6.07) is 16.7. The summed E-state index contributed by atoms with van der Waals surface area (Å²) < 4.78 is 0. The fraction of sp³-hybridized carbons (Fsp3) is 0.250. The molecule has 4 rings (SSSR count). The molecule has 0 N–H and O–H groups in total. The molecule has 0 saturated carbocycles. The molecule has 2 aromatic carbocycles. The number of fused-ring (bicyclic) bond motifs is 2. The van der Waals surface area contributed by atoms with Crippen LogP contribution in [0.4, 0.5) is 0 Å². The Morgan fingerprint density at radius 1 is 0.818 bits per heavy atom. The van der Waals surface area contributed by atoms with E-state index in [1.807, 2.05) is 12.1 Å². The summed E-state index contributed by atoms with van der Waals surface area (Å²) >= 11 is 6.07. The van der Waals surface area contributed by atoms with Gasteiger partial charge < -0.3 is 0 Å². The lowest BCUT2D eigenvalue weighted by atomic mass is 9.92. The van der Waals surface area contributed by atoms with Gasteiger partial charge in [0, 0.05) is 16.1 Å². The average Bonchev–Trinajstić information content (AvgIpc) is 2.79. The van der Waals surface area contributed by atoms with Gasteiger partial charge in [0.25, 0.3) is 0 Å². The van der Waals surface area contributed by atoms with Crippen molar-refractivity contribution in [3.63, 3.8) is 0 Å². The largest absolute Gasteiger partial charge is 0.253 e. The maximum atomic E-state index is 6.07. The molecule has 3 aromatic rings. The summed E-state index contributed by atoms with van der Waals surface area (Å²) in [6.45, 7) is 0. The zero-order valence-corrected chi connectivity index (χ0v) is 13.2. The Labute approximate surface area is 136 Å². The van der Waals surface area contributed by atoms with Gasteiger partial charge in [-0.1, -0.05) is 48.4 Å². The Hall–Kier alpha value is -1.86. The van der Waals surface area contributed by atoms with E-state index in [0.717, 1.165) is 23.4 Å². The number of rotatable bonds is 1. The smallest absolute Gasteiger partial charge is 0.0711 e. The zero-order valence-electron chi connectivity index (χ0n) is 12.5. The third kappa shape index (κ3) is 2.40. The third-order valence-corrected chi connectivity index (χ3v) is 4.80. The van der Waals surface area contributed by atoms with Crippen LogP contribution in [-0.2, 0) is 12.8 Å². The minimum atomic E-state index is 0.785. The number of aromatic nitrogens is 1. The summed E-state index contributed by atoms with van der Waals surface area (Å²) in [6.07, 6.45) is 6.03. The summed E-state index contributed by atoms with van der Waals surface area (Å²) in [5.74, 6) is 0. The van der Waals surface area contributed by atoms with E-state index in [2.05, 4.69) is 36.4 Å². The normalized spacial score (nSPS) is 14.6. The van der Waals surface area contributed by atoms with Gasteiger partial charge in [-0.3, -0.25) is 4.98 Å². The molecular weight excluding hydrogens is 290 g/mol. The van der Waals surface area contributed by atoms with Gasteiger partial charge in [0.15, 0.2) is 0 Å². The average molecular weight is 308 g/mol.